The molecular weight excluding hydrogens is 566 g/mol. The number of hydrogen-bond donors (Lipinski definition) is 1. The van der Waals surface area contributed by atoms with E-state index in [0.29, 0.717) is 51.3 Å². The molecular formula is C34H46F2N4O4. The Morgan fingerprint density at radius 3 is 2.39 bits per heavy atom. The SMILES string of the molecule is CCCCN1C[C@@H](C(=O)NC(Cc2cc(F)cc(F)c2)CC2CN(Cc3ccccc3)CCN2C(=O)OC(C)(C)C)CC1=O. The quantitative estimate of drug-likeness (QED) is 0.380. The molecule has 2 heterocycles. The number of benzene rings is 2. The van der Waals surface area contributed by atoms with Crippen molar-refractivity contribution < 1.29 is 27.9 Å². The fourth-order valence-corrected chi connectivity index (χ4v) is 6.03. The highest BCUT2D eigenvalue weighted by Crippen LogP contribution is 2.24. The molecule has 2 saturated heterocycles. The summed E-state index contributed by atoms with van der Waals surface area (Å²) in [4.78, 5) is 45.2. The fraction of sp³-hybridized carbons (Fsp3) is 0.559. The van der Waals surface area contributed by atoms with Crippen molar-refractivity contribution in [1.29, 1.82) is 0 Å². The van der Waals surface area contributed by atoms with Crippen molar-refractivity contribution in [3.63, 3.8) is 0 Å². The predicted molar refractivity (Wildman–Crippen MR) is 165 cm³/mol. The highest BCUT2D eigenvalue weighted by molar-refractivity contribution is 5.89. The van der Waals surface area contributed by atoms with Gasteiger partial charge in [-0.1, -0.05) is 43.7 Å². The molecule has 0 radical (unpaired) electrons. The Morgan fingerprint density at radius 2 is 1.73 bits per heavy atom. The van der Waals surface area contributed by atoms with Gasteiger partial charge in [0.1, 0.15) is 17.2 Å². The molecule has 10 heteroatoms. The third-order valence-electron chi connectivity index (χ3n) is 8.12. The lowest BCUT2D eigenvalue weighted by molar-refractivity contribution is -0.129. The van der Waals surface area contributed by atoms with Gasteiger partial charge in [0.2, 0.25) is 11.8 Å². The number of unbranched alkanes of at least 4 members (excludes halogenated alkanes) is 1. The van der Waals surface area contributed by atoms with Crippen LogP contribution in [0.5, 0.6) is 0 Å². The minimum absolute atomic E-state index is 0.0395. The van der Waals surface area contributed by atoms with Crippen molar-refractivity contribution in [2.45, 2.75) is 84.0 Å². The molecule has 8 nitrogen and oxygen atoms in total. The highest BCUT2D eigenvalue weighted by atomic mass is 19.1. The average Bonchev–Trinajstić information content (AvgIpc) is 3.31. The van der Waals surface area contributed by atoms with Crippen molar-refractivity contribution in [2.24, 2.45) is 5.92 Å². The third-order valence-corrected chi connectivity index (χ3v) is 8.12. The van der Waals surface area contributed by atoms with Gasteiger partial charge in [-0.15, -0.1) is 0 Å². The summed E-state index contributed by atoms with van der Waals surface area (Å²) in [5.41, 5.74) is 0.866. The molecule has 2 unspecified atom stereocenters. The van der Waals surface area contributed by atoms with E-state index in [9.17, 15) is 23.2 Å². The number of piperazine rings is 1. The first-order valence-corrected chi connectivity index (χ1v) is 15.7. The molecule has 2 fully saturated rings. The topological polar surface area (TPSA) is 82.2 Å². The van der Waals surface area contributed by atoms with E-state index in [1.807, 2.05) is 39.0 Å². The van der Waals surface area contributed by atoms with Gasteiger partial charge in [0, 0.05) is 63.8 Å². The van der Waals surface area contributed by atoms with E-state index in [1.54, 1.807) is 9.80 Å². The molecule has 2 aromatic carbocycles. The van der Waals surface area contributed by atoms with Gasteiger partial charge < -0.3 is 19.9 Å². The minimum atomic E-state index is -0.694. The molecule has 2 aromatic rings. The van der Waals surface area contributed by atoms with Crippen molar-refractivity contribution >= 4 is 17.9 Å². The molecule has 3 atom stereocenters. The van der Waals surface area contributed by atoms with Crippen LogP contribution in [0.1, 0.15) is 64.5 Å². The summed E-state index contributed by atoms with van der Waals surface area (Å²) in [6, 6.07) is 12.5. The van der Waals surface area contributed by atoms with E-state index in [0.717, 1.165) is 24.5 Å². The Morgan fingerprint density at radius 1 is 1.02 bits per heavy atom. The van der Waals surface area contributed by atoms with Gasteiger partial charge in [-0.25, -0.2) is 13.6 Å². The maximum Gasteiger partial charge on any atom is 0.410 e. The van der Waals surface area contributed by atoms with E-state index in [4.69, 9.17) is 4.74 Å². The second kappa shape index (κ2) is 15.0. The first-order chi connectivity index (χ1) is 20.9. The zero-order chi connectivity index (χ0) is 31.9. The summed E-state index contributed by atoms with van der Waals surface area (Å²) in [7, 11) is 0. The first-order valence-electron chi connectivity index (χ1n) is 15.7. The smallest absolute Gasteiger partial charge is 0.410 e. The molecule has 4 rings (SSSR count). The van der Waals surface area contributed by atoms with E-state index in [1.165, 1.54) is 12.1 Å². The molecule has 1 N–H and O–H groups in total. The molecule has 44 heavy (non-hydrogen) atoms. The number of halogens is 2. The molecule has 0 aromatic heterocycles. The summed E-state index contributed by atoms with van der Waals surface area (Å²) in [5, 5.41) is 3.10. The number of carbonyl (C=O) groups is 3. The summed E-state index contributed by atoms with van der Waals surface area (Å²) in [6.07, 6.45) is 2.03. The normalized spacial score (nSPS) is 20.1. The van der Waals surface area contributed by atoms with E-state index in [-0.39, 0.29) is 30.7 Å². The van der Waals surface area contributed by atoms with E-state index >= 15 is 0 Å². The molecule has 3 amide bonds. The second-order valence-electron chi connectivity index (χ2n) is 13.1. The van der Waals surface area contributed by atoms with Crippen LogP contribution in [0, 0.1) is 17.6 Å². The monoisotopic (exact) mass is 612 g/mol. The van der Waals surface area contributed by atoms with Crippen molar-refractivity contribution in [3.8, 4) is 0 Å². The van der Waals surface area contributed by atoms with Crippen molar-refractivity contribution in [3.05, 3.63) is 71.3 Å². The van der Waals surface area contributed by atoms with Gasteiger partial charge >= 0.3 is 6.09 Å². The van der Waals surface area contributed by atoms with Crippen LogP contribution in [-0.4, -0.2) is 83.0 Å². The number of carbonyl (C=O) groups excluding carboxylic acids is 3. The van der Waals surface area contributed by atoms with Gasteiger partial charge in [-0.2, -0.15) is 0 Å². The maximum absolute atomic E-state index is 14.2. The maximum atomic E-state index is 14.2. The molecule has 0 bridgehead atoms. The zero-order valence-electron chi connectivity index (χ0n) is 26.4. The molecule has 0 spiro atoms. The van der Waals surface area contributed by atoms with E-state index < -0.39 is 35.3 Å². The Kier molecular flexibility index (Phi) is 11.4. The first kappa shape index (κ1) is 33.4. The lowest BCUT2D eigenvalue weighted by Gasteiger charge is -2.43. The van der Waals surface area contributed by atoms with Gasteiger partial charge in [0.05, 0.1) is 5.92 Å². The predicted octanol–water partition coefficient (Wildman–Crippen LogP) is 5.15. The molecule has 240 valence electrons. The van der Waals surface area contributed by atoms with Crippen molar-refractivity contribution in [1.82, 2.24) is 20.0 Å². The van der Waals surface area contributed by atoms with Gasteiger partial charge in [0.15, 0.2) is 0 Å². The molecule has 2 aliphatic heterocycles. The summed E-state index contributed by atoms with van der Waals surface area (Å²) in [6.45, 7) is 10.8. The van der Waals surface area contributed by atoms with Gasteiger partial charge in [-0.3, -0.25) is 14.5 Å². The van der Waals surface area contributed by atoms with Crippen LogP contribution in [0.4, 0.5) is 13.6 Å². The highest BCUT2D eigenvalue weighted by Gasteiger charge is 2.38. The van der Waals surface area contributed by atoms with Gasteiger partial charge in [0.25, 0.3) is 0 Å². The Bertz CT molecular complexity index is 1270. The summed E-state index contributed by atoms with van der Waals surface area (Å²) in [5.74, 6) is -2.20. The minimum Gasteiger partial charge on any atom is -0.444 e. The van der Waals surface area contributed by atoms with Crippen LogP contribution in [-0.2, 0) is 27.3 Å². The fourth-order valence-electron chi connectivity index (χ4n) is 6.03. The number of nitrogens with one attached hydrogen (secondary N) is 1. The standard InChI is InChI=1S/C34H46F2N4O4/c1-5-6-12-39-22-26(18-31(39)41)32(42)37-29(17-25-15-27(35)19-28(36)16-25)20-30-23-38(21-24-10-8-7-9-11-24)13-14-40(30)33(43)44-34(2,3)4/h7-11,15-16,19,26,29-30H,5-6,12-14,17-18,20-23H2,1-4H3,(H,37,42)/t26-,29?,30?/m0/s1. The Hall–Kier alpha value is -3.53. The van der Waals surface area contributed by atoms with Crippen LogP contribution >= 0.6 is 0 Å². The third kappa shape index (κ3) is 9.74. The summed E-state index contributed by atoms with van der Waals surface area (Å²) < 4.78 is 34.1. The number of hydrogen-bond acceptors (Lipinski definition) is 5. The lowest BCUT2D eigenvalue weighted by atomic mass is 9.95. The number of rotatable bonds is 11. The molecule has 0 aliphatic carbocycles. The van der Waals surface area contributed by atoms with E-state index in [2.05, 4.69) is 29.3 Å². The van der Waals surface area contributed by atoms with Crippen LogP contribution in [0.3, 0.4) is 0 Å². The Balaban J connectivity index is 1.56. The second-order valence-corrected chi connectivity index (χ2v) is 13.1. The van der Waals surface area contributed by atoms with Crippen LogP contribution in [0.15, 0.2) is 48.5 Å². The zero-order valence-corrected chi connectivity index (χ0v) is 26.4. The van der Waals surface area contributed by atoms with Crippen LogP contribution < -0.4 is 5.32 Å². The number of likely N-dealkylation sites (tertiary alicyclic amines) is 1. The van der Waals surface area contributed by atoms with Crippen molar-refractivity contribution in [2.75, 3.05) is 32.7 Å². The number of amides is 3. The lowest BCUT2D eigenvalue weighted by Crippen LogP contribution is -2.58. The summed E-state index contributed by atoms with van der Waals surface area (Å²) >= 11 is 0. The molecule has 0 saturated carbocycles. The number of ether oxygens (including phenoxy) is 1. The molecule has 2 aliphatic rings. The Labute approximate surface area is 259 Å². The van der Waals surface area contributed by atoms with Crippen LogP contribution in [0.2, 0.25) is 0 Å². The number of nitrogens with zero attached hydrogens (tertiary/aromatic N) is 3. The average molecular weight is 613 g/mol. The largest absolute Gasteiger partial charge is 0.444 e. The van der Waals surface area contributed by atoms with Gasteiger partial charge in [-0.05, 0) is 63.3 Å². The van der Waals surface area contributed by atoms with Crippen LogP contribution in [0.25, 0.3) is 0 Å².